The normalized spacial score (nSPS) is 10.5. The van der Waals surface area contributed by atoms with Crippen LogP contribution in [0.1, 0.15) is 11.3 Å². The second-order valence-electron chi connectivity index (χ2n) is 3.08. The monoisotopic (exact) mass is 239 g/mol. The molecule has 0 N–H and O–H groups in total. The minimum Gasteiger partial charge on any atom is -0.468 e. The zero-order valence-corrected chi connectivity index (χ0v) is 9.81. The Kier molecular flexibility index (Phi) is 3.34. The minimum atomic E-state index is 0.575. The van der Waals surface area contributed by atoms with Gasteiger partial charge in [0.1, 0.15) is 10.9 Å². The Bertz CT molecular complexity index is 455. The maximum Gasteiger partial charge on any atom is 0.133 e. The van der Waals surface area contributed by atoms with Crippen molar-refractivity contribution >= 4 is 23.4 Å². The van der Waals surface area contributed by atoms with E-state index < -0.39 is 0 Å². The second kappa shape index (κ2) is 4.73. The zero-order chi connectivity index (χ0) is 10.7. The molecule has 0 fully saturated rings. The number of thioether (sulfide) groups is 1. The molecule has 0 aliphatic heterocycles. The van der Waals surface area contributed by atoms with Crippen molar-refractivity contribution in [2.24, 2.45) is 0 Å². The molecule has 4 heteroatoms. The molecule has 0 spiro atoms. The fourth-order valence-electron chi connectivity index (χ4n) is 1.21. The number of aryl methyl sites for hydroxylation is 1. The highest BCUT2D eigenvalue weighted by Gasteiger charge is 2.04. The molecule has 0 unspecified atom stereocenters. The van der Waals surface area contributed by atoms with Crippen LogP contribution in [0.15, 0.2) is 40.0 Å². The molecule has 0 radical (unpaired) electrons. The van der Waals surface area contributed by atoms with Crippen LogP contribution < -0.4 is 0 Å². The van der Waals surface area contributed by atoms with Gasteiger partial charge in [-0.2, -0.15) is 0 Å². The van der Waals surface area contributed by atoms with E-state index in [0.717, 1.165) is 22.0 Å². The largest absolute Gasteiger partial charge is 0.468 e. The predicted octanol–water partition coefficient (Wildman–Crippen LogP) is 3.93. The average molecular weight is 240 g/mol. The molecule has 0 atom stereocenters. The van der Waals surface area contributed by atoms with Crippen LogP contribution >= 0.6 is 23.4 Å². The highest BCUT2D eigenvalue weighted by Crippen LogP contribution is 2.28. The number of hydrogen-bond acceptors (Lipinski definition) is 3. The van der Waals surface area contributed by atoms with Crippen LogP contribution in [0.25, 0.3) is 0 Å². The van der Waals surface area contributed by atoms with Gasteiger partial charge in [-0.1, -0.05) is 17.7 Å². The van der Waals surface area contributed by atoms with Crippen LogP contribution in [0.2, 0.25) is 5.15 Å². The van der Waals surface area contributed by atoms with Gasteiger partial charge in [0, 0.05) is 16.8 Å². The third-order valence-corrected chi connectivity index (χ3v) is 3.56. The minimum absolute atomic E-state index is 0.575. The van der Waals surface area contributed by atoms with Crippen LogP contribution in [-0.4, -0.2) is 4.98 Å². The first-order valence-electron chi connectivity index (χ1n) is 4.53. The fourth-order valence-corrected chi connectivity index (χ4v) is 2.42. The Hall–Kier alpha value is -0.930. The average Bonchev–Trinajstić information content (AvgIpc) is 2.63. The van der Waals surface area contributed by atoms with E-state index in [4.69, 9.17) is 16.0 Å². The SMILES string of the molecule is Cc1occc1SCc1cccnc1Cl. The quantitative estimate of drug-likeness (QED) is 0.600. The number of aromatic nitrogens is 1. The van der Waals surface area contributed by atoms with Crippen molar-refractivity contribution in [2.75, 3.05) is 0 Å². The van der Waals surface area contributed by atoms with Crippen molar-refractivity contribution in [1.29, 1.82) is 0 Å². The van der Waals surface area contributed by atoms with Gasteiger partial charge in [0.05, 0.1) is 6.26 Å². The molecule has 0 saturated carbocycles. The van der Waals surface area contributed by atoms with Gasteiger partial charge >= 0.3 is 0 Å². The van der Waals surface area contributed by atoms with E-state index in [-0.39, 0.29) is 0 Å². The third kappa shape index (κ3) is 2.55. The molecule has 2 heterocycles. The van der Waals surface area contributed by atoms with Gasteiger partial charge in [-0.05, 0) is 24.6 Å². The van der Waals surface area contributed by atoms with Gasteiger partial charge in [0.2, 0.25) is 0 Å². The highest BCUT2D eigenvalue weighted by molar-refractivity contribution is 7.98. The molecule has 0 amide bonds. The number of halogens is 1. The van der Waals surface area contributed by atoms with Gasteiger partial charge in [0.25, 0.3) is 0 Å². The van der Waals surface area contributed by atoms with Crippen LogP contribution in [0.5, 0.6) is 0 Å². The standard InChI is InChI=1S/C11H10ClNOS/c1-8-10(4-6-14-8)15-7-9-3-2-5-13-11(9)12/h2-6H,7H2,1H3. The molecule has 2 nitrogen and oxygen atoms in total. The van der Waals surface area contributed by atoms with Crippen molar-refractivity contribution < 1.29 is 4.42 Å². The molecule has 2 aromatic heterocycles. The maximum absolute atomic E-state index is 5.96. The number of furan rings is 1. The molecule has 0 aliphatic carbocycles. The fraction of sp³-hybridized carbons (Fsp3) is 0.182. The summed E-state index contributed by atoms with van der Waals surface area (Å²) in [6, 6.07) is 5.84. The van der Waals surface area contributed by atoms with E-state index in [0.29, 0.717) is 5.15 Å². The van der Waals surface area contributed by atoms with Gasteiger partial charge in [-0.25, -0.2) is 4.98 Å². The van der Waals surface area contributed by atoms with E-state index >= 15 is 0 Å². The number of rotatable bonds is 3. The first-order chi connectivity index (χ1) is 7.27. The lowest BCUT2D eigenvalue weighted by atomic mass is 10.3. The molecule has 78 valence electrons. The maximum atomic E-state index is 5.96. The smallest absolute Gasteiger partial charge is 0.133 e. The molecule has 0 bridgehead atoms. The van der Waals surface area contributed by atoms with Crippen molar-refractivity contribution in [1.82, 2.24) is 4.98 Å². The molecule has 0 aliphatic rings. The summed E-state index contributed by atoms with van der Waals surface area (Å²) in [6.45, 7) is 1.95. The lowest BCUT2D eigenvalue weighted by molar-refractivity contribution is 0.527. The van der Waals surface area contributed by atoms with Crippen molar-refractivity contribution in [3.05, 3.63) is 47.1 Å². The molecule has 0 saturated heterocycles. The van der Waals surface area contributed by atoms with Gasteiger partial charge < -0.3 is 4.42 Å². The Morgan fingerprint density at radius 1 is 1.47 bits per heavy atom. The molecule has 15 heavy (non-hydrogen) atoms. The van der Waals surface area contributed by atoms with E-state index in [2.05, 4.69) is 4.98 Å². The lowest BCUT2D eigenvalue weighted by Crippen LogP contribution is -1.85. The van der Waals surface area contributed by atoms with Gasteiger partial charge in [-0.15, -0.1) is 11.8 Å². The number of hydrogen-bond donors (Lipinski definition) is 0. The van der Waals surface area contributed by atoms with Crippen LogP contribution in [-0.2, 0) is 5.75 Å². The number of nitrogens with zero attached hydrogens (tertiary/aromatic N) is 1. The van der Waals surface area contributed by atoms with Gasteiger partial charge in [0.15, 0.2) is 0 Å². The predicted molar refractivity (Wildman–Crippen MR) is 62.3 cm³/mol. The lowest BCUT2D eigenvalue weighted by Gasteiger charge is -2.01. The van der Waals surface area contributed by atoms with Crippen LogP contribution in [0.4, 0.5) is 0 Å². The molecular formula is C11H10ClNOS. The first kappa shape index (κ1) is 10.6. The van der Waals surface area contributed by atoms with Crippen molar-refractivity contribution in [3.8, 4) is 0 Å². The van der Waals surface area contributed by atoms with Crippen molar-refractivity contribution in [3.63, 3.8) is 0 Å². The summed E-state index contributed by atoms with van der Waals surface area (Å²) in [7, 11) is 0. The van der Waals surface area contributed by atoms with E-state index in [9.17, 15) is 0 Å². The summed E-state index contributed by atoms with van der Waals surface area (Å²) in [6.07, 6.45) is 3.39. The highest BCUT2D eigenvalue weighted by atomic mass is 35.5. The molecular weight excluding hydrogens is 230 g/mol. The van der Waals surface area contributed by atoms with Crippen LogP contribution in [0, 0.1) is 6.92 Å². The summed E-state index contributed by atoms with van der Waals surface area (Å²) in [5.74, 6) is 1.76. The van der Waals surface area contributed by atoms with E-state index in [1.807, 2.05) is 25.1 Å². The van der Waals surface area contributed by atoms with Crippen LogP contribution in [0.3, 0.4) is 0 Å². The summed E-state index contributed by atoms with van der Waals surface area (Å²) < 4.78 is 5.21. The van der Waals surface area contributed by atoms with Gasteiger partial charge in [-0.3, -0.25) is 0 Å². The number of pyridine rings is 1. The Morgan fingerprint density at radius 2 is 2.33 bits per heavy atom. The Balaban J connectivity index is 2.06. The summed E-state index contributed by atoms with van der Waals surface area (Å²) in [5.41, 5.74) is 1.05. The molecule has 2 rings (SSSR count). The topological polar surface area (TPSA) is 26.0 Å². The Labute approximate surface area is 97.7 Å². The Morgan fingerprint density at radius 3 is 3.00 bits per heavy atom. The third-order valence-electron chi connectivity index (χ3n) is 2.03. The summed E-state index contributed by atoms with van der Waals surface area (Å²) in [4.78, 5) is 5.18. The van der Waals surface area contributed by atoms with Crippen molar-refractivity contribution in [2.45, 2.75) is 17.6 Å². The van der Waals surface area contributed by atoms with E-state index in [1.165, 1.54) is 0 Å². The summed E-state index contributed by atoms with van der Waals surface area (Å²) >= 11 is 7.66. The zero-order valence-electron chi connectivity index (χ0n) is 8.24. The first-order valence-corrected chi connectivity index (χ1v) is 5.90. The van der Waals surface area contributed by atoms with E-state index in [1.54, 1.807) is 24.2 Å². The second-order valence-corrected chi connectivity index (χ2v) is 4.46. The molecule has 2 aromatic rings. The molecule has 0 aromatic carbocycles. The summed E-state index contributed by atoms with van der Waals surface area (Å²) in [5, 5.41) is 0.575.